The quantitative estimate of drug-likeness (QED) is 0.633. The maximum absolute atomic E-state index is 11.4. The second-order valence-corrected chi connectivity index (χ2v) is 5.10. The molecule has 0 bridgehead atoms. The van der Waals surface area contributed by atoms with E-state index in [1.165, 1.54) is 19.4 Å². The number of ketones is 1. The topological polar surface area (TPSA) is 58.4 Å². The summed E-state index contributed by atoms with van der Waals surface area (Å²) in [6.07, 6.45) is 2.38. The van der Waals surface area contributed by atoms with Crippen molar-refractivity contribution in [1.29, 1.82) is 0 Å². The number of nitrogens with zero attached hydrogens (tertiary/aromatic N) is 1. The lowest BCUT2D eigenvalue weighted by molar-refractivity contribution is 0.101. The summed E-state index contributed by atoms with van der Waals surface area (Å²) in [7, 11) is 2.14. The Morgan fingerprint density at radius 3 is 2.94 bits per heavy atom. The molecular weight excluding hydrogens is 226 g/mol. The number of benzene rings is 1. The van der Waals surface area contributed by atoms with Crippen LogP contribution in [0.2, 0.25) is 0 Å². The third-order valence-corrected chi connectivity index (χ3v) is 3.43. The molecule has 0 amide bonds. The van der Waals surface area contributed by atoms with Gasteiger partial charge in [-0.1, -0.05) is 0 Å². The molecule has 0 saturated carbocycles. The third-order valence-electron chi connectivity index (χ3n) is 3.43. The number of rotatable bonds is 3. The van der Waals surface area contributed by atoms with E-state index < -0.39 is 0 Å². The number of hydrogen-bond donors (Lipinski definition) is 2. The van der Waals surface area contributed by atoms with Crippen molar-refractivity contribution in [2.24, 2.45) is 0 Å². The maximum Gasteiger partial charge on any atom is 0.161 e. The van der Waals surface area contributed by atoms with Crippen LogP contribution >= 0.6 is 0 Å². The summed E-state index contributed by atoms with van der Waals surface area (Å²) in [5.41, 5.74) is 7.92. The number of nitrogen functional groups attached to an aromatic ring is 1. The van der Waals surface area contributed by atoms with Gasteiger partial charge in [0.1, 0.15) is 0 Å². The maximum atomic E-state index is 11.4. The highest BCUT2D eigenvalue weighted by molar-refractivity contribution is 6.00. The minimum absolute atomic E-state index is 0.0110. The Kier molecular flexibility index (Phi) is 3.87. The van der Waals surface area contributed by atoms with Crippen molar-refractivity contribution in [2.45, 2.75) is 25.8 Å². The Morgan fingerprint density at radius 2 is 2.28 bits per heavy atom. The Hall–Kier alpha value is -1.55. The molecule has 3 N–H and O–H groups in total. The summed E-state index contributed by atoms with van der Waals surface area (Å²) in [6.45, 7) is 3.75. The normalized spacial score (nSPS) is 20.7. The van der Waals surface area contributed by atoms with E-state index in [9.17, 15) is 4.79 Å². The number of hydrogen-bond acceptors (Lipinski definition) is 4. The molecule has 1 aromatic carbocycles. The molecule has 1 saturated heterocycles. The molecule has 1 aliphatic heterocycles. The molecule has 1 atom stereocenters. The average molecular weight is 247 g/mol. The van der Waals surface area contributed by atoms with Gasteiger partial charge in [-0.3, -0.25) is 4.79 Å². The smallest absolute Gasteiger partial charge is 0.161 e. The highest BCUT2D eigenvalue weighted by atomic mass is 16.1. The number of nitrogens with two attached hydrogens (primary N) is 1. The highest BCUT2D eigenvalue weighted by Crippen LogP contribution is 2.21. The second kappa shape index (κ2) is 5.40. The summed E-state index contributed by atoms with van der Waals surface area (Å²) in [4.78, 5) is 13.8. The molecule has 1 aliphatic rings. The fourth-order valence-corrected chi connectivity index (χ4v) is 2.47. The summed E-state index contributed by atoms with van der Waals surface area (Å²) >= 11 is 0. The zero-order chi connectivity index (χ0) is 13.1. The molecule has 1 aromatic rings. The first-order valence-electron chi connectivity index (χ1n) is 6.42. The van der Waals surface area contributed by atoms with E-state index in [0.717, 1.165) is 12.2 Å². The Labute approximate surface area is 108 Å². The van der Waals surface area contributed by atoms with Crippen LogP contribution in [-0.4, -0.2) is 36.9 Å². The fraction of sp³-hybridized carbons (Fsp3) is 0.500. The van der Waals surface area contributed by atoms with Gasteiger partial charge in [0.15, 0.2) is 5.78 Å². The highest BCUT2D eigenvalue weighted by Gasteiger charge is 2.17. The van der Waals surface area contributed by atoms with E-state index in [2.05, 4.69) is 17.3 Å². The Morgan fingerprint density at radius 1 is 1.50 bits per heavy atom. The van der Waals surface area contributed by atoms with Crippen LogP contribution in [0, 0.1) is 0 Å². The summed E-state index contributed by atoms with van der Waals surface area (Å²) in [5, 5.41) is 3.48. The number of nitrogens with one attached hydrogen (secondary N) is 1. The zero-order valence-corrected chi connectivity index (χ0v) is 11.1. The molecule has 2 rings (SSSR count). The minimum Gasteiger partial charge on any atom is -0.398 e. The van der Waals surface area contributed by atoms with Gasteiger partial charge >= 0.3 is 0 Å². The molecule has 1 heterocycles. The van der Waals surface area contributed by atoms with Gasteiger partial charge in [-0.2, -0.15) is 0 Å². The minimum atomic E-state index is 0.0110. The number of piperidine rings is 1. The van der Waals surface area contributed by atoms with E-state index in [1.54, 1.807) is 13.0 Å². The molecule has 98 valence electrons. The number of likely N-dealkylation sites (N-methyl/N-ethyl adjacent to an activating group) is 1. The van der Waals surface area contributed by atoms with Crippen LogP contribution < -0.4 is 11.1 Å². The molecule has 4 heteroatoms. The summed E-state index contributed by atoms with van der Waals surface area (Å²) in [6, 6.07) is 6.04. The van der Waals surface area contributed by atoms with Gasteiger partial charge in [-0.25, -0.2) is 0 Å². The Balaban J connectivity index is 2.09. The van der Waals surface area contributed by atoms with Crippen molar-refractivity contribution in [3.8, 4) is 0 Å². The second-order valence-electron chi connectivity index (χ2n) is 5.10. The van der Waals surface area contributed by atoms with Gasteiger partial charge in [0, 0.05) is 29.5 Å². The van der Waals surface area contributed by atoms with Crippen molar-refractivity contribution in [2.75, 3.05) is 31.2 Å². The SMILES string of the molecule is CC(=O)c1cc(NC2CCCN(C)C2)ccc1N. The van der Waals surface area contributed by atoms with E-state index in [4.69, 9.17) is 5.73 Å². The molecule has 18 heavy (non-hydrogen) atoms. The number of carbonyl (C=O) groups is 1. The first-order chi connectivity index (χ1) is 8.56. The molecule has 0 radical (unpaired) electrons. The predicted molar refractivity (Wildman–Crippen MR) is 75.0 cm³/mol. The predicted octanol–water partition coefficient (Wildman–Crippen LogP) is 1.98. The van der Waals surface area contributed by atoms with Crippen molar-refractivity contribution in [1.82, 2.24) is 4.90 Å². The van der Waals surface area contributed by atoms with Crippen molar-refractivity contribution in [3.63, 3.8) is 0 Å². The lowest BCUT2D eigenvalue weighted by Gasteiger charge is -2.31. The molecular formula is C14H21N3O. The molecule has 0 aromatic heterocycles. The average Bonchev–Trinajstić information content (AvgIpc) is 2.31. The van der Waals surface area contributed by atoms with Crippen molar-refractivity contribution in [3.05, 3.63) is 23.8 Å². The van der Waals surface area contributed by atoms with Gasteiger partial charge in [0.2, 0.25) is 0 Å². The van der Waals surface area contributed by atoms with Crippen molar-refractivity contribution >= 4 is 17.2 Å². The van der Waals surface area contributed by atoms with Gasteiger partial charge in [-0.05, 0) is 51.6 Å². The molecule has 1 fully saturated rings. The number of carbonyl (C=O) groups excluding carboxylic acids is 1. The first kappa shape index (κ1) is 12.9. The number of likely N-dealkylation sites (tertiary alicyclic amines) is 1. The number of Topliss-reactive ketones (excluding diaryl/α,β-unsaturated/α-hetero) is 1. The third kappa shape index (κ3) is 3.01. The lowest BCUT2D eigenvalue weighted by atomic mass is 10.0. The van der Waals surface area contributed by atoms with Crippen LogP contribution in [0.1, 0.15) is 30.1 Å². The van der Waals surface area contributed by atoms with Crippen LogP contribution in [0.5, 0.6) is 0 Å². The van der Waals surface area contributed by atoms with Crippen LogP contribution in [0.15, 0.2) is 18.2 Å². The molecule has 4 nitrogen and oxygen atoms in total. The van der Waals surface area contributed by atoms with E-state index >= 15 is 0 Å². The van der Waals surface area contributed by atoms with Gasteiger partial charge in [-0.15, -0.1) is 0 Å². The first-order valence-corrected chi connectivity index (χ1v) is 6.42. The van der Waals surface area contributed by atoms with Crippen molar-refractivity contribution < 1.29 is 4.79 Å². The summed E-state index contributed by atoms with van der Waals surface area (Å²) < 4.78 is 0. The molecule has 0 aliphatic carbocycles. The molecule has 1 unspecified atom stereocenters. The van der Waals surface area contributed by atoms with Gasteiger partial charge in [0.05, 0.1) is 0 Å². The number of anilines is 2. The van der Waals surface area contributed by atoms with Crippen LogP contribution in [-0.2, 0) is 0 Å². The Bertz CT molecular complexity index is 445. The van der Waals surface area contributed by atoms with E-state index in [1.807, 2.05) is 12.1 Å². The largest absolute Gasteiger partial charge is 0.398 e. The lowest BCUT2D eigenvalue weighted by Crippen LogP contribution is -2.39. The van der Waals surface area contributed by atoms with Crippen LogP contribution in [0.4, 0.5) is 11.4 Å². The summed E-state index contributed by atoms with van der Waals surface area (Å²) in [5.74, 6) is 0.0110. The monoisotopic (exact) mass is 247 g/mol. The van der Waals surface area contributed by atoms with Crippen LogP contribution in [0.25, 0.3) is 0 Å². The van der Waals surface area contributed by atoms with E-state index in [-0.39, 0.29) is 5.78 Å². The van der Waals surface area contributed by atoms with Crippen LogP contribution in [0.3, 0.4) is 0 Å². The van der Waals surface area contributed by atoms with E-state index in [0.29, 0.717) is 17.3 Å². The fourth-order valence-electron chi connectivity index (χ4n) is 2.47. The standard InChI is InChI=1S/C14H21N3O/c1-10(18)13-8-11(5-6-14(13)15)16-12-4-3-7-17(2)9-12/h5-6,8,12,16H,3-4,7,9,15H2,1-2H3. The van der Waals surface area contributed by atoms with Gasteiger partial charge < -0.3 is 16.0 Å². The van der Waals surface area contributed by atoms with Gasteiger partial charge in [0.25, 0.3) is 0 Å². The zero-order valence-electron chi connectivity index (χ0n) is 11.1. The molecule has 0 spiro atoms.